The minimum atomic E-state index is -1.64. The molecule has 0 spiro atoms. The average molecular weight is 358 g/mol. The molecule has 10 heteroatoms. The highest BCUT2D eigenvalue weighted by molar-refractivity contribution is 7.98. The summed E-state index contributed by atoms with van der Waals surface area (Å²) in [6, 6.07) is 0. The quantitative estimate of drug-likeness (QED) is 0.227. The Bertz CT molecular complexity index is 335. The SMILES string of the molecule is CO[C@@H](O)C(O)[C@@H](O[C@H]1O[C@H](CSC)C(O)C1O)[C@H](O)CCO. The van der Waals surface area contributed by atoms with Crippen molar-refractivity contribution in [2.45, 2.75) is 55.6 Å². The van der Waals surface area contributed by atoms with Crippen molar-refractivity contribution >= 4 is 11.8 Å². The molecule has 138 valence electrons. The van der Waals surface area contributed by atoms with Crippen LogP contribution in [0.1, 0.15) is 6.42 Å². The summed E-state index contributed by atoms with van der Waals surface area (Å²) >= 11 is 1.41. The Kier molecular flexibility index (Phi) is 9.23. The van der Waals surface area contributed by atoms with Crippen LogP contribution in [0, 0.1) is 0 Å². The zero-order valence-electron chi connectivity index (χ0n) is 13.1. The van der Waals surface area contributed by atoms with Gasteiger partial charge in [-0.3, -0.25) is 0 Å². The van der Waals surface area contributed by atoms with E-state index in [1.54, 1.807) is 0 Å². The van der Waals surface area contributed by atoms with Crippen LogP contribution in [0.2, 0.25) is 0 Å². The third-order valence-corrected chi connectivity index (χ3v) is 4.28. The molecule has 1 aliphatic rings. The first-order chi connectivity index (χ1) is 10.9. The molecule has 1 heterocycles. The Balaban J connectivity index is 2.80. The van der Waals surface area contributed by atoms with Crippen molar-refractivity contribution in [2.24, 2.45) is 0 Å². The first kappa shape index (κ1) is 21.0. The van der Waals surface area contributed by atoms with Gasteiger partial charge in [-0.2, -0.15) is 11.8 Å². The van der Waals surface area contributed by atoms with Crippen LogP contribution in [0.25, 0.3) is 0 Å². The molecule has 0 saturated carbocycles. The summed E-state index contributed by atoms with van der Waals surface area (Å²) in [5, 5.41) is 58.4. The first-order valence-corrected chi connectivity index (χ1v) is 8.60. The van der Waals surface area contributed by atoms with Crippen molar-refractivity contribution in [3.05, 3.63) is 0 Å². The zero-order valence-corrected chi connectivity index (χ0v) is 13.9. The fourth-order valence-corrected chi connectivity index (χ4v) is 2.89. The maximum atomic E-state index is 10.0. The van der Waals surface area contributed by atoms with Crippen LogP contribution in [0.5, 0.6) is 0 Å². The van der Waals surface area contributed by atoms with Gasteiger partial charge in [0, 0.05) is 19.5 Å². The molecule has 1 fully saturated rings. The number of thioether (sulfide) groups is 1. The molecule has 3 unspecified atom stereocenters. The third-order valence-electron chi connectivity index (χ3n) is 3.62. The van der Waals surface area contributed by atoms with Crippen molar-refractivity contribution in [3.63, 3.8) is 0 Å². The van der Waals surface area contributed by atoms with Gasteiger partial charge in [0.25, 0.3) is 0 Å². The summed E-state index contributed by atoms with van der Waals surface area (Å²) < 4.78 is 15.4. The average Bonchev–Trinajstić information content (AvgIpc) is 2.79. The Morgan fingerprint density at radius 1 is 1.17 bits per heavy atom. The van der Waals surface area contributed by atoms with E-state index in [1.165, 1.54) is 11.8 Å². The third kappa shape index (κ3) is 5.49. The molecule has 9 nitrogen and oxygen atoms in total. The van der Waals surface area contributed by atoms with Gasteiger partial charge in [-0.05, 0) is 12.7 Å². The maximum absolute atomic E-state index is 10.0. The number of aliphatic hydroxyl groups is 6. The van der Waals surface area contributed by atoms with Gasteiger partial charge in [0.05, 0.1) is 12.2 Å². The highest BCUT2D eigenvalue weighted by Gasteiger charge is 2.46. The van der Waals surface area contributed by atoms with Crippen LogP contribution in [0.4, 0.5) is 0 Å². The fraction of sp³-hybridized carbons (Fsp3) is 1.00. The zero-order chi connectivity index (χ0) is 17.6. The molecule has 1 aliphatic heterocycles. The lowest BCUT2D eigenvalue weighted by molar-refractivity contribution is -0.260. The van der Waals surface area contributed by atoms with E-state index in [4.69, 9.17) is 14.6 Å². The Morgan fingerprint density at radius 2 is 1.83 bits per heavy atom. The summed E-state index contributed by atoms with van der Waals surface area (Å²) in [4.78, 5) is 0. The minimum absolute atomic E-state index is 0.127. The van der Waals surface area contributed by atoms with Gasteiger partial charge >= 0.3 is 0 Å². The van der Waals surface area contributed by atoms with E-state index in [0.29, 0.717) is 5.75 Å². The minimum Gasteiger partial charge on any atom is -0.396 e. The van der Waals surface area contributed by atoms with Crippen molar-refractivity contribution in [1.29, 1.82) is 0 Å². The van der Waals surface area contributed by atoms with Crippen LogP contribution >= 0.6 is 11.8 Å². The van der Waals surface area contributed by atoms with Crippen LogP contribution < -0.4 is 0 Å². The van der Waals surface area contributed by atoms with E-state index in [1.807, 2.05) is 6.26 Å². The highest BCUT2D eigenvalue weighted by atomic mass is 32.2. The summed E-state index contributed by atoms with van der Waals surface area (Å²) in [7, 11) is 1.16. The van der Waals surface area contributed by atoms with E-state index < -0.39 is 49.2 Å². The number of hydrogen-bond acceptors (Lipinski definition) is 10. The molecular formula is C13H26O9S. The Hall–Kier alpha value is -0.0100. The van der Waals surface area contributed by atoms with Crippen molar-refractivity contribution in [2.75, 3.05) is 25.7 Å². The highest BCUT2D eigenvalue weighted by Crippen LogP contribution is 2.27. The fourth-order valence-electron chi connectivity index (χ4n) is 2.28. The summed E-state index contributed by atoms with van der Waals surface area (Å²) in [5.74, 6) is 0.422. The van der Waals surface area contributed by atoms with Crippen LogP contribution in [0.15, 0.2) is 0 Å². The number of ether oxygens (including phenoxy) is 3. The molecule has 0 radical (unpaired) electrons. The van der Waals surface area contributed by atoms with Gasteiger partial charge < -0.3 is 44.8 Å². The molecule has 0 bridgehead atoms. The lowest BCUT2D eigenvalue weighted by Gasteiger charge is -2.32. The molecule has 0 aliphatic carbocycles. The van der Waals surface area contributed by atoms with Gasteiger partial charge in [-0.1, -0.05) is 0 Å². The van der Waals surface area contributed by atoms with Gasteiger partial charge in [0.1, 0.15) is 24.4 Å². The maximum Gasteiger partial charge on any atom is 0.187 e. The molecule has 0 aromatic rings. The van der Waals surface area contributed by atoms with Crippen LogP contribution in [-0.2, 0) is 14.2 Å². The van der Waals surface area contributed by atoms with Crippen molar-refractivity contribution < 1.29 is 44.8 Å². The lowest BCUT2D eigenvalue weighted by Crippen LogP contribution is -2.50. The predicted molar refractivity (Wildman–Crippen MR) is 80.7 cm³/mol. The van der Waals surface area contributed by atoms with E-state index in [0.717, 1.165) is 7.11 Å². The summed E-state index contributed by atoms with van der Waals surface area (Å²) in [5.41, 5.74) is 0. The molecule has 23 heavy (non-hydrogen) atoms. The summed E-state index contributed by atoms with van der Waals surface area (Å²) in [6.07, 6.45) is -8.84. The summed E-state index contributed by atoms with van der Waals surface area (Å²) in [6.45, 7) is -0.372. The molecule has 0 amide bonds. The van der Waals surface area contributed by atoms with Gasteiger partial charge in [0.15, 0.2) is 12.6 Å². The predicted octanol–water partition coefficient (Wildman–Crippen LogP) is -2.75. The molecule has 1 rings (SSSR count). The van der Waals surface area contributed by atoms with Gasteiger partial charge in [-0.25, -0.2) is 0 Å². The van der Waals surface area contributed by atoms with E-state index in [-0.39, 0.29) is 13.0 Å². The molecule has 6 N–H and O–H groups in total. The largest absolute Gasteiger partial charge is 0.396 e. The number of rotatable bonds is 10. The monoisotopic (exact) mass is 358 g/mol. The second-order valence-corrected chi connectivity index (χ2v) is 6.19. The van der Waals surface area contributed by atoms with Crippen molar-refractivity contribution in [1.82, 2.24) is 0 Å². The normalized spacial score (nSPS) is 33.4. The lowest BCUT2D eigenvalue weighted by atomic mass is 10.0. The second kappa shape index (κ2) is 10.1. The molecule has 8 atom stereocenters. The molecule has 1 saturated heterocycles. The van der Waals surface area contributed by atoms with E-state index in [9.17, 15) is 25.5 Å². The van der Waals surface area contributed by atoms with Crippen LogP contribution in [0.3, 0.4) is 0 Å². The standard InChI is InChI=1S/C13H26O9S/c1-20-12(19)10(18)11(6(15)3-4-14)22-13-9(17)8(16)7(21-13)5-23-2/h6-19H,3-5H2,1-2H3/t6-,7-,8?,9?,10?,11+,12-,13-/m1/s1. The first-order valence-electron chi connectivity index (χ1n) is 7.21. The van der Waals surface area contributed by atoms with Gasteiger partial charge in [-0.15, -0.1) is 0 Å². The molecule has 0 aromatic heterocycles. The Morgan fingerprint density at radius 3 is 2.35 bits per heavy atom. The number of aliphatic hydroxyl groups excluding tert-OH is 6. The van der Waals surface area contributed by atoms with Crippen LogP contribution in [-0.4, -0.2) is 106 Å². The smallest absolute Gasteiger partial charge is 0.187 e. The van der Waals surface area contributed by atoms with Crippen molar-refractivity contribution in [3.8, 4) is 0 Å². The second-order valence-electron chi connectivity index (χ2n) is 5.28. The molecular weight excluding hydrogens is 332 g/mol. The topological polar surface area (TPSA) is 149 Å². The Labute approximate surface area is 138 Å². The van der Waals surface area contributed by atoms with E-state index in [2.05, 4.69) is 4.74 Å². The number of hydrogen-bond donors (Lipinski definition) is 6. The molecule has 0 aromatic carbocycles. The van der Waals surface area contributed by atoms with Gasteiger partial charge in [0.2, 0.25) is 0 Å². The number of methoxy groups -OCH3 is 1. The van der Waals surface area contributed by atoms with E-state index >= 15 is 0 Å².